The van der Waals surface area contributed by atoms with Crippen molar-refractivity contribution in [3.8, 4) is 0 Å². The third kappa shape index (κ3) is 1.32. The largest absolute Gasteiger partial charge is 0.356 e. The van der Waals surface area contributed by atoms with Gasteiger partial charge in [-0.1, -0.05) is 19.0 Å². The van der Waals surface area contributed by atoms with E-state index in [1.807, 2.05) is 0 Å². The molecule has 1 heterocycles. The van der Waals surface area contributed by atoms with E-state index in [0.29, 0.717) is 5.92 Å². The molecule has 2 heteroatoms. The van der Waals surface area contributed by atoms with Gasteiger partial charge >= 0.3 is 0 Å². The third-order valence-corrected chi connectivity index (χ3v) is 2.36. The van der Waals surface area contributed by atoms with E-state index in [0.717, 1.165) is 11.0 Å². The molecule has 0 fully saturated rings. The molecule has 0 radical (unpaired) electrons. The molecule has 0 unspecified atom stereocenters. The summed E-state index contributed by atoms with van der Waals surface area (Å²) in [5.41, 5.74) is 3.52. The van der Waals surface area contributed by atoms with Crippen LogP contribution in [0.2, 0.25) is 0 Å². The van der Waals surface area contributed by atoms with Gasteiger partial charge in [0.1, 0.15) is 0 Å². The molecule has 0 aliphatic rings. The molecule has 13 heavy (non-hydrogen) atoms. The highest BCUT2D eigenvalue weighted by atomic mass is 16.5. The van der Waals surface area contributed by atoms with Crippen molar-refractivity contribution in [3.63, 3.8) is 0 Å². The fraction of sp³-hybridized carbons (Fsp3) is 0.364. The maximum absolute atomic E-state index is 5.08. The topological polar surface area (TPSA) is 26.0 Å². The predicted octanol–water partition coefficient (Wildman–Crippen LogP) is 3.26. The maximum Gasteiger partial charge on any atom is 0.167 e. The van der Waals surface area contributed by atoms with Gasteiger partial charge in [0.2, 0.25) is 0 Å². The van der Waals surface area contributed by atoms with Gasteiger partial charge in [0.15, 0.2) is 5.58 Å². The molecular formula is C11H13NO. The Morgan fingerprint density at radius 2 is 2.08 bits per heavy atom. The number of benzene rings is 1. The molecule has 0 atom stereocenters. The van der Waals surface area contributed by atoms with Crippen LogP contribution in [0.5, 0.6) is 0 Å². The first-order chi connectivity index (χ1) is 6.18. The Balaban J connectivity index is 2.69. The average molecular weight is 175 g/mol. The molecule has 0 N–H and O–H groups in total. The monoisotopic (exact) mass is 175 g/mol. The van der Waals surface area contributed by atoms with E-state index in [9.17, 15) is 0 Å². The molecule has 1 aromatic carbocycles. The fourth-order valence-electron chi connectivity index (χ4n) is 1.66. The summed E-state index contributed by atoms with van der Waals surface area (Å²) in [5.74, 6) is 0.555. The molecule has 2 nitrogen and oxygen atoms in total. The summed E-state index contributed by atoms with van der Waals surface area (Å²) in [6.07, 6.45) is 1.76. The van der Waals surface area contributed by atoms with Gasteiger partial charge < -0.3 is 4.52 Å². The number of aromatic nitrogens is 1. The Labute approximate surface area is 77.5 Å². The summed E-state index contributed by atoms with van der Waals surface area (Å²) in [7, 11) is 0. The highest BCUT2D eigenvalue weighted by Gasteiger charge is 2.07. The summed E-state index contributed by atoms with van der Waals surface area (Å²) >= 11 is 0. The van der Waals surface area contributed by atoms with Crippen LogP contribution in [-0.2, 0) is 0 Å². The van der Waals surface area contributed by atoms with Gasteiger partial charge in [-0.25, -0.2) is 0 Å². The Hall–Kier alpha value is -1.31. The minimum atomic E-state index is 0.555. The summed E-state index contributed by atoms with van der Waals surface area (Å²) < 4.78 is 5.08. The van der Waals surface area contributed by atoms with Gasteiger partial charge in [0, 0.05) is 5.39 Å². The van der Waals surface area contributed by atoms with E-state index >= 15 is 0 Å². The molecule has 0 amide bonds. The normalized spacial score (nSPS) is 11.4. The van der Waals surface area contributed by atoms with Crippen LogP contribution in [0, 0.1) is 6.92 Å². The Kier molecular flexibility index (Phi) is 1.83. The molecule has 0 aliphatic carbocycles. The van der Waals surface area contributed by atoms with Gasteiger partial charge in [-0.2, -0.15) is 0 Å². The third-order valence-electron chi connectivity index (χ3n) is 2.36. The van der Waals surface area contributed by atoms with Crippen LogP contribution in [0.1, 0.15) is 30.9 Å². The Bertz CT molecular complexity index is 429. The lowest BCUT2D eigenvalue weighted by Gasteiger charge is -2.08. The molecule has 0 spiro atoms. The van der Waals surface area contributed by atoms with Crippen molar-refractivity contribution in [1.82, 2.24) is 5.16 Å². The number of fused-ring (bicyclic) bond motifs is 1. The average Bonchev–Trinajstić information content (AvgIpc) is 2.48. The molecule has 2 rings (SSSR count). The summed E-state index contributed by atoms with van der Waals surface area (Å²) in [6, 6.07) is 4.21. The van der Waals surface area contributed by atoms with Gasteiger partial charge in [-0.15, -0.1) is 0 Å². The van der Waals surface area contributed by atoms with Crippen molar-refractivity contribution in [1.29, 1.82) is 0 Å². The molecule has 0 aliphatic heterocycles. The van der Waals surface area contributed by atoms with E-state index < -0.39 is 0 Å². The van der Waals surface area contributed by atoms with Crippen molar-refractivity contribution in [2.75, 3.05) is 0 Å². The standard InChI is InChI=1S/C11H13NO/c1-7(2)10-5-9-6-12-13-11(9)4-8(10)3/h4-7H,1-3H3. The van der Waals surface area contributed by atoms with Gasteiger partial charge in [-0.05, 0) is 36.1 Å². The molecule has 68 valence electrons. The molecule has 0 saturated heterocycles. The number of hydrogen-bond acceptors (Lipinski definition) is 2. The van der Waals surface area contributed by atoms with Crippen LogP contribution in [0.15, 0.2) is 22.9 Å². The molecular weight excluding hydrogens is 162 g/mol. The van der Waals surface area contributed by atoms with Gasteiger partial charge in [0.05, 0.1) is 6.20 Å². The van der Waals surface area contributed by atoms with Crippen molar-refractivity contribution < 1.29 is 4.52 Å². The lowest BCUT2D eigenvalue weighted by molar-refractivity contribution is 0.456. The zero-order valence-electron chi connectivity index (χ0n) is 8.16. The minimum Gasteiger partial charge on any atom is -0.356 e. The summed E-state index contributed by atoms with van der Waals surface area (Å²) in [6.45, 7) is 6.50. The first-order valence-corrected chi connectivity index (χ1v) is 4.53. The van der Waals surface area contributed by atoms with E-state index in [1.165, 1.54) is 11.1 Å². The second-order valence-electron chi connectivity index (χ2n) is 3.73. The van der Waals surface area contributed by atoms with E-state index in [2.05, 4.69) is 38.1 Å². The fourth-order valence-corrected chi connectivity index (χ4v) is 1.66. The quantitative estimate of drug-likeness (QED) is 0.664. The van der Waals surface area contributed by atoms with Crippen molar-refractivity contribution in [2.24, 2.45) is 0 Å². The number of rotatable bonds is 1. The zero-order valence-corrected chi connectivity index (χ0v) is 8.16. The van der Waals surface area contributed by atoms with E-state index in [1.54, 1.807) is 6.20 Å². The Morgan fingerprint density at radius 3 is 2.77 bits per heavy atom. The first-order valence-electron chi connectivity index (χ1n) is 4.53. The summed E-state index contributed by atoms with van der Waals surface area (Å²) in [4.78, 5) is 0. The number of nitrogens with zero attached hydrogens (tertiary/aromatic N) is 1. The highest BCUT2D eigenvalue weighted by molar-refractivity contribution is 5.77. The Morgan fingerprint density at radius 1 is 1.31 bits per heavy atom. The predicted molar refractivity (Wildman–Crippen MR) is 52.8 cm³/mol. The lowest BCUT2D eigenvalue weighted by Crippen LogP contribution is -1.90. The maximum atomic E-state index is 5.08. The van der Waals surface area contributed by atoms with Crippen LogP contribution in [-0.4, -0.2) is 5.16 Å². The van der Waals surface area contributed by atoms with Crippen LogP contribution in [0.25, 0.3) is 11.0 Å². The second-order valence-corrected chi connectivity index (χ2v) is 3.73. The van der Waals surface area contributed by atoms with Crippen molar-refractivity contribution in [2.45, 2.75) is 26.7 Å². The summed E-state index contributed by atoms with van der Waals surface area (Å²) in [5, 5.41) is 4.86. The smallest absolute Gasteiger partial charge is 0.167 e. The van der Waals surface area contributed by atoms with Gasteiger partial charge in [0.25, 0.3) is 0 Å². The molecule has 0 bridgehead atoms. The molecule has 0 saturated carbocycles. The second kappa shape index (κ2) is 2.87. The number of aryl methyl sites for hydroxylation is 1. The molecule has 1 aromatic heterocycles. The zero-order chi connectivity index (χ0) is 9.42. The van der Waals surface area contributed by atoms with E-state index in [4.69, 9.17) is 4.52 Å². The van der Waals surface area contributed by atoms with Crippen LogP contribution in [0.3, 0.4) is 0 Å². The van der Waals surface area contributed by atoms with E-state index in [-0.39, 0.29) is 0 Å². The van der Waals surface area contributed by atoms with Crippen LogP contribution >= 0.6 is 0 Å². The number of hydrogen-bond donors (Lipinski definition) is 0. The van der Waals surface area contributed by atoms with Crippen molar-refractivity contribution >= 4 is 11.0 Å². The van der Waals surface area contributed by atoms with Crippen LogP contribution in [0.4, 0.5) is 0 Å². The van der Waals surface area contributed by atoms with Crippen LogP contribution < -0.4 is 0 Å². The van der Waals surface area contributed by atoms with Gasteiger partial charge in [-0.3, -0.25) is 0 Å². The lowest BCUT2D eigenvalue weighted by atomic mass is 9.97. The molecule has 2 aromatic rings. The van der Waals surface area contributed by atoms with Crippen molar-refractivity contribution in [3.05, 3.63) is 29.5 Å². The first kappa shape index (κ1) is 8.30. The minimum absolute atomic E-state index is 0.555. The highest BCUT2D eigenvalue weighted by Crippen LogP contribution is 2.24. The SMILES string of the molecule is Cc1cc2oncc2cc1C(C)C.